The molecular formula is C11H15FN2O. The first-order valence-electron chi connectivity index (χ1n) is 4.95. The summed E-state index contributed by atoms with van der Waals surface area (Å²) in [7, 11) is 0. The van der Waals surface area contributed by atoms with E-state index in [0.29, 0.717) is 17.7 Å². The van der Waals surface area contributed by atoms with Gasteiger partial charge in [0.05, 0.1) is 0 Å². The van der Waals surface area contributed by atoms with Crippen LogP contribution in [0.2, 0.25) is 0 Å². The van der Waals surface area contributed by atoms with Crippen LogP contribution in [0.3, 0.4) is 0 Å². The molecule has 0 spiro atoms. The smallest absolute Gasteiger partial charge is 0.224 e. The van der Waals surface area contributed by atoms with Crippen molar-refractivity contribution >= 4 is 11.6 Å². The van der Waals surface area contributed by atoms with Crippen LogP contribution in [-0.2, 0) is 11.3 Å². The number of anilines is 1. The number of hydrogen-bond acceptors (Lipinski definition) is 2. The van der Waals surface area contributed by atoms with E-state index in [2.05, 4.69) is 5.32 Å². The van der Waals surface area contributed by atoms with Crippen LogP contribution in [0.25, 0.3) is 0 Å². The van der Waals surface area contributed by atoms with Crippen LogP contribution in [0.4, 0.5) is 10.1 Å². The number of amides is 1. The fourth-order valence-corrected chi connectivity index (χ4v) is 1.26. The Kier molecular flexibility index (Phi) is 4.24. The summed E-state index contributed by atoms with van der Waals surface area (Å²) in [6, 6.07) is 4.40. The van der Waals surface area contributed by atoms with Crippen LogP contribution < -0.4 is 11.1 Å². The van der Waals surface area contributed by atoms with Gasteiger partial charge in [-0.1, -0.05) is 6.92 Å². The Morgan fingerprint density at radius 2 is 2.27 bits per heavy atom. The fourth-order valence-electron chi connectivity index (χ4n) is 1.26. The number of carbonyl (C=O) groups is 1. The molecule has 0 aliphatic rings. The van der Waals surface area contributed by atoms with Gasteiger partial charge in [0.25, 0.3) is 0 Å². The number of hydrogen-bond donors (Lipinski definition) is 2. The molecule has 1 aromatic carbocycles. The van der Waals surface area contributed by atoms with Gasteiger partial charge in [0.2, 0.25) is 5.91 Å². The molecule has 1 aromatic rings. The predicted molar refractivity (Wildman–Crippen MR) is 57.8 cm³/mol. The lowest BCUT2D eigenvalue weighted by atomic mass is 10.2. The maximum Gasteiger partial charge on any atom is 0.224 e. The summed E-state index contributed by atoms with van der Waals surface area (Å²) in [6.45, 7) is 2.05. The van der Waals surface area contributed by atoms with E-state index in [1.54, 1.807) is 6.07 Å². The van der Waals surface area contributed by atoms with E-state index in [4.69, 9.17) is 5.73 Å². The van der Waals surface area contributed by atoms with E-state index in [-0.39, 0.29) is 18.3 Å². The van der Waals surface area contributed by atoms with Crippen molar-refractivity contribution in [3.63, 3.8) is 0 Å². The number of carbonyl (C=O) groups excluding carboxylic acids is 1. The van der Waals surface area contributed by atoms with Gasteiger partial charge in [0.1, 0.15) is 5.82 Å². The van der Waals surface area contributed by atoms with E-state index in [1.165, 1.54) is 12.1 Å². The van der Waals surface area contributed by atoms with Crippen molar-refractivity contribution in [2.75, 3.05) is 5.32 Å². The highest BCUT2D eigenvalue weighted by Gasteiger charge is 2.04. The minimum absolute atomic E-state index is 0.0629. The molecule has 0 aliphatic heterocycles. The molecule has 0 aromatic heterocycles. The molecular weight excluding hydrogens is 195 g/mol. The summed E-state index contributed by atoms with van der Waals surface area (Å²) in [4.78, 5) is 11.3. The van der Waals surface area contributed by atoms with E-state index < -0.39 is 0 Å². The third-order valence-corrected chi connectivity index (χ3v) is 2.03. The molecule has 0 unspecified atom stereocenters. The summed E-state index contributed by atoms with van der Waals surface area (Å²) >= 11 is 0. The number of nitrogens with two attached hydrogens (primary N) is 1. The second-order valence-corrected chi connectivity index (χ2v) is 3.31. The maximum atomic E-state index is 13.1. The zero-order valence-electron chi connectivity index (χ0n) is 8.72. The minimum atomic E-state index is -0.342. The van der Waals surface area contributed by atoms with Gasteiger partial charge in [-0.25, -0.2) is 4.39 Å². The average Bonchev–Trinajstić information content (AvgIpc) is 2.21. The van der Waals surface area contributed by atoms with Gasteiger partial charge in [0, 0.05) is 24.2 Å². The highest BCUT2D eigenvalue weighted by Crippen LogP contribution is 2.14. The van der Waals surface area contributed by atoms with Gasteiger partial charge < -0.3 is 11.1 Å². The van der Waals surface area contributed by atoms with E-state index >= 15 is 0 Å². The first kappa shape index (κ1) is 11.7. The van der Waals surface area contributed by atoms with Crippen molar-refractivity contribution in [2.45, 2.75) is 26.3 Å². The molecule has 15 heavy (non-hydrogen) atoms. The Balaban J connectivity index is 2.74. The molecule has 0 saturated carbocycles. The minimum Gasteiger partial charge on any atom is -0.326 e. The van der Waals surface area contributed by atoms with Crippen molar-refractivity contribution in [3.8, 4) is 0 Å². The van der Waals surface area contributed by atoms with Crippen LogP contribution in [0.1, 0.15) is 25.3 Å². The Morgan fingerprint density at radius 3 is 2.87 bits per heavy atom. The topological polar surface area (TPSA) is 55.1 Å². The zero-order valence-corrected chi connectivity index (χ0v) is 8.72. The summed E-state index contributed by atoms with van der Waals surface area (Å²) < 4.78 is 13.1. The highest BCUT2D eigenvalue weighted by molar-refractivity contribution is 5.90. The molecule has 0 bridgehead atoms. The molecule has 82 valence electrons. The standard InChI is InChI=1S/C11H15FN2O/c1-2-3-11(15)14-9-4-5-10(12)8(6-9)7-13/h4-6H,2-3,7,13H2,1H3,(H,14,15). The Labute approximate surface area is 88.5 Å². The van der Waals surface area contributed by atoms with Gasteiger partial charge >= 0.3 is 0 Å². The lowest BCUT2D eigenvalue weighted by Crippen LogP contribution is -2.11. The Morgan fingerprint density at radius 1 is 1.53 bits per heavy atom. The van der Waals surface area contributed by atoms with Gasteiger partial charge in [-0.05, 0) is 24.6 Å². The third-order valence-electron chi connectivity index (χ3n) is 2.03. The van der Waals surface area contributed by atoms with E-state index in [1.807, 2.05) is 6.92 Å². The first-order valence-corrected chi connectivity index (χ1v) is 4.95. The lowest BCUT2D eigenvalue weighted by molar-refractivity contribution is -0.116. The van der Waals surface area contributed by atoms with Gasteiger partial charge in [-0.2, -0.15) is 0 Å². The summed E-state index contributed by atoms with van der Waals surface area (Å²) in [5.74, 6) is -0.405. The Hall–Kier alpha value is -1.42. The first-order chi connectivity index (χ1) is 7.17. The Bertz CT molecular complexity index is 352. The van der Waals surface area contributed by atoms with E-state index in [9.17, 15) is 9.18 Å². The number of rotatable bonds is 4. The van der Waals surface area contributed by atoms with Gasteiger partial charge in [-0.15, -0.1) is 0 Å². The maximum absolute atomic E-state index is 13.1. The normalized spacial score (nSPS) is 10.1. The van der Waals surface area contributed by atoms with Crippen molar-refractivity contribution in [3.05, 3.63) is 29.6 Å². The average molecular weight is 210 g/mol. The summed E-state index contributed by atoms with van der Waals surface area (Å²) in [5, 5.41) is 2.68. The monoisotopic (exact) mass is 210 g/mol. The SMILES string of the molecule is CCCC(=O)Nc1ccc(F)c(CN)c1. The molecule has 1 rings (SSSR count). The summed E-state index contributed by atoms with van der Waals surface area (Å²) in [5.41, 5.74) is 6.36. The number of nitrogens with one attached hydrogen (secondary N) is 1. The predicted octanol–water partition coefficient (Wildman–Crippen LogP) is 2.02. The molecule has 0 saturated heterocycles. The van der Waals surface area contributed by atoms with Crippen molar-refractivity contribution in [1.82, 2.24) is 0 Å². The molecule has 4 heteroatoms. The highest BCUT2D eigenvalue weighted by atomic mass is 19.1. The van der Waals surface area contributed by atoms with E-state index in [0.717, 1.165) is 6.42 Å². The second kappa shape index (κ2) is 5.46. The molecule has 0 aliphatic carbocycles. The quantitative estimate of drug-likeness (QED) is 0.798. The second-order valence-electron chi connectivity index (χ2n) is 3.31. The molecule has 0 radical (unpaired) electrons. The number of halogens is 1. The molecule has 0 heterocycles. The molecule has 0 fully saturated rings. The largest absolute Gasteiger partial charge is 0.326 e. The van der Waals surface area contributed by atoms with Crippen LogP contribution in [-0.4, -0.2) is 5.91 Å². The fraction of sp³-hybridized carbons (Fsp3) is 0.364. The number of benzene rings is 1. The zero-order chi connectivity index (χ0) is 11.3. The molecule has 3 N–H and O–H groups in total. The van der Waals surface area contributed by atoms with Crippen LogP contribution in [0, 0.1) is 5.82 Å². The van der Waals surface area contributed by atoms with Crippen molar-refractivity contribution in [2.24, 2.45) is 5.73 Å². The molecule has 1 amide bonds. The molecule has 0 atom stereocenters. The van der Waals surface area contributed by atoms with Gasteiger partial charge in [0.15, 0.2) is 0 Å². The molecule has 3 nitrogen and oxygen atoms in total. The van der Waals surface area contributed by atoms with Crippen LogP contribution in [0.15, 0.2) is 18.2 Å². The van der Waals surface area contributed by atoms with Gasteiger partial charge in [-0.3, -0.25) is 4.79 Å². The lowest BCUT2D eigenvalue weighted by Gasteiger charge is -2.06. The summed E-state index contributed by atoms with van der Waals surface area (Å²) in [6.07, 6.45) is 1.26. The van der Waals surface area contributed by atoms with Crippen LogP contribution >= 0.6 is 0 Å². The van der Waals surface area contributed by atoms with Crippen molar-refractivity contribution in [1.29, 1.82) is 0 Å². The van der Waals surface area contributed by atoms with Crippen molar-refractivity contribution < 1.29 is 9.18 Å². The van der Waals surface area contributed by atoms with Crippen LogP contribution in [0.5, 0.6) is 0 Å². The third kappa shape index (κ3) is 3.32.